The molecule has 1 aliphatic rings. The van der Waals surface area contributed by atoms with Crippen LogP contribution in [0, 0.1) is 16.4 Å². The predicted octanol–water partition coefficient (Wildman–Crippen LogP) is 2.68. The number of nitrogens with zero attached hydrogens (tertiary/aromatic N) is 2. The molecule has 1 aliphatic carbocycles. The molecule has 1 saturated carbocycles. The standard InChI is InChI=1S/C12H18IN3OS/c1-7-10(13)11(16-12(14-7)18-2)15-9-4-3-8(5-9)6-17/h8-9,17H,3-6H2,1-2H3,(H,14,15,16)/t8-,9+/m1/s1. The summed E-state index contributed by atoms with van der Waals surface area (Å²) in [5.41, 5.74) is 1.02. The van der Waals surface area contributed by atoms with E-state index in [0.29, 0.717) is 18.6 Å². The molecule has 6 heteroatoms. The van der Waals surface area contributed by atoms with Crippen LogP contribution in [0.4, 0.5) is 5.82 Å². The first-order valence-electron chi connectivity index (χ1n) is 6.09. The molecule has 2 atom stereocenters. The average Bonchev–Trinajstić information content (AvgIpc) is 2.82. The van der Waals surface area contributed by atoms with Crippen LogP contribution in [0.2, 0.25) is 0 Å². The van der Waals surface area contributed by atoms with Gasteiger partial charge in [0.25, 0.3) is 0 Å². The Bertz CT molecular complexity index is 430. The number of aryl methyl sites for hydroxylation is 1. The van der Waals surface area contributed by atoms with Gasteiger partial charge < -0.3 is 10.4 Å². The molecule has 1 aromatic heterocycles. The second kappa shape index (κ2) is 6.38. The number of aliphatic hydroxyl groups excluding tert-OH is 1. The predicted molar refractivity (Wildman–Crippen MR) is 83.1 cm³/mol. The smallest absolute Gasteiger partial charge is 0.189 e. The summed E-state index contributed by atoms with van der Waals surface area (Å²) in [5, 5.41) is 13.5. The van der Waals surface area contributed by atoms with Crippen molar-refractivity contribution in [2.24, 2.45) is 5.92 Å². The highest BCUT2D eigenvalue weighted by molar-refractivity contribution is 14.1. The monoisotopic (exact) mass is 379 g/mol. The number of hydrogen-bond donors (Lipinski definition) is 2. The van der Waals surface area contributed by atoms with E-state index in [9.17, 15) is 5.11 Å². The van der Waals surface area contributed by atoms with Gasteiger partial charge in [-0.25, -0.2) is 9.97 Å². The van der Waals surface area contributed by atoms with Crippen LogP contribution in [0.5, 0.6) is 0 Å². The van der Waals surface area contributed by atoms with Gasteiger partial charge in [0.2, 0.25) is 0 Å². The maximum atomic E-state index is 9.17. The van der Waals surface area contributed by atoms with Crippen molar-refractivity contribution in [2.45, 2.75) is 37.4 Å². The molecule has 0 spiro atoms. The summed E-state index contributed by atoms with van der Waals surface area (Å²) in [6, 6.07) is 0.430. The minimum absolute atomic E-state index is 0.300. The summed E-state index contributed by atoms with van der Waals surface area (Å²) < 4.78 is 1.10. The van der Waals surface area contributed by atoms with Crippen LogP contribution < -0.4 is 5.32 Å². The van der Waals surface area contributed by atoms with Crippen LogP contribution >= 0.6 is 34.4 Å². The van der Waals surface area contributed by atoms with Crippen LogP contribution in [0.15, 0.2) is 5.16 Å². The van der Waals surface area contributed by atoms with Gasteiger partial charge in [-0.1, -0.05) is 11.8 Å². The Morgan fingerprint density at radius 2 is 2.22 bits per heavy atom. The zero-order valence-electron chi connectivity index (χ0n) is 10.6. The molecule has 0 radical (unpaired) electrons. The van der Waals surface area contributed by atoms with E-state index in [4.69, 9.17) is 0 Å². The van der Waals surface area contributed by atoms with Gasteiger partial charge in [0, 0.05) is 12.6 Å². The molecular formula is C12H18IN3OS. The van der Waals surface area contributed by atoms with Gasteiger partial charge in [-0.05, 0) is 61.0 Å². The molecule has 100 valence electrons. The molecule has 2 rings (SSSR count). The molecular weight excluding hydrogens is 361 g/mol. The minimum atomic E-state index is 0.300. The van der Waals surface area contributed by atoms with Gasteiger partial charge in [0.05, 0.1) is 9.26 Å². The second-order valence-corrected chi connectivity index (χ2v) is 6.51. The molecule has 1 heterocycles. The lowest BCUT2D eigenvalue weighted by molar-refractivity contribution is 0.229. The molecule has 4 nitrogen and oxygen atoms in total. The molecule has 1 fully saturated rings. The molecule has 1 aromatic rings. The van der Waals surface area contributed by atoms with Crippen molar-refractivity contribution < 1.29 is 5.11 Å². The molecule has 0 aliphatic heterocycles. The summed E-state index contributed by atoms with van der Waals surface area (Å²) in [6.07, 6.45) is 5.23. The zero-order chi connectivity index (χ0) is 13.1. The van der Waals surface area contributed by atoms with Gasteiger partial charge in [0.15, 0.2) is 5.16 Å². The fraction of sp³-hybridized carbons (Fsp3) is 0.667. The lowest BCUT2D eigenvalue weighted by Crippen LogP contribution is -2.19. The lowest BCUT2D eigenvalue weighted by atomic mass is 10.1. The third-order valence-electron chi connectivity index (χ3n) is 3.32. The molecule has 0 unspecified atom stereocenters. The number of thioether (sulfide) groups is 1. The van der Waals surface area contributed by atoms with Crippen LogP contribution in [0.25, 0.3) is 0 Å². The summed E-state index contributed by atoms with van der Waals surface area (Å²) in [5.74, 6) is 1.39. The Morgan fingerprint density at radius 1 is 1.44 bits per heavy atom. The third kappa shape index (κ3) is 3.27. The summed E-state index contributed by atoms with van der Waals surface area (Å²) >= 11 is 3.86. The third-order valence-corrected chi connectivity index (χ3v) is 5.16. The van der Waals surface area contributed by atoms with Crippen molar-refractivity contribution in [1.82, 2.24) is 9.97 Å². The molecule has 2 N–H and O–H groups in total. The number of anilines is 1. The number of nitrogens with one attached hydrogen (secondary N) is 1. The Labute approximate surface area is 126 Å². The van der Waals surface area contributed by atoms with E-state index in [1.54, 1.807) is 11.8 Å². The van der Waals surface area contributed by atoms with Crippen LogP contribution in [0.3, 0.4) is 0 Å². The SMILES string of the molecule is CSc1nc(C)c(I)c(N[C@H]2CC[C@@H](CO)C2)n1. The van der Waals surface area contributed by atoms with E-state index in [1.165, 1.54) is 0 Å². The van der Waals surface area contributed by atoms with Gasteiger partial charge in [-0.2, -0.15) is 0 Å². The Kier molecular flexibility index (Phi) is 5.08. The topological polar surface area (TPSA) is 58.0 Å². The van der Waals surface area contributed by atoms with E-state index >= 15 is 0 Å². The molecule has 0 saturated heterocycles. The van der Waals surface area contributed by atoms with E-state index in [-0.39, 0.29) is 0 Å². The van der Waals surface area contributed by atoms with Gasteiger partial charge in [-0.15, -0.1) is 0 Å². The van der Waals surface area contributed by atoms with E-state index in [0.717, 1.165) is 39.5 Å². The zero-order valence-corrected chi connectivity index (χ0v) is 13.6. The first kappa shape index (κ1) is 14.3. The average molecular weight is 379 g/mol. The van der Waals surface area contributed by atoms with E-state index < -0.39 is 0 Å². The van der Waals surface area contributed by atoms with Gasteiger partial charge in [0.1, 0.15) is 5.82 Å². The highest BCUT2D eigenvalue weighted by Gasteiger charge is 2.25. The first-order valence-corrected chi connectivity index (χ1v) is 8.40. The van der Waals surface area contributed by atoms with Gasteiger partial charge >= 0.3 is 0 Å². The van der Waals surface area contributed by atoms with Crippen LogP contribution in [-0.2, 0) is 0 Å². The quantitative estimate of drug-likeness (QED) is 0.479. The lowest BCUT2D eigenvalue weighted by Gasteiger charge is -2.16. The summed E-state index contributed by atoms with van der Waals surface area (Å²) in [7, 11) is 0. The fourth-order valence-corrected chi connectivity index (χ4v) is 3.09. The maximum Gasteiger partial charge on any atom is 0.189 e. The first-order chi connectivity index (χ1) is 8.63. The van der Waals surface area contributed by atoms with Crippen molar-refractivity contribution in [3.63, 3.8) is 0 Å². The molecule has 18 heavy (non-hydrogen) atoms. The van der Waals surface area contributed by atoms with Crippen LogP contribution in [-0.4, -0.2) is 34.0 Å². The summed E-state index contributed by atoms with van der Waals surface area (Å²) in [6.45, 7) is 2.31. The van der Waals surface area contributed by atoms with Crippen molar-refractivity contribution >= 4 is 40.2 Å². The Hall–Kier alpha value is -0.0800. The Morgan fingerprint density at radius 3 is 2.83 bits per heavy atom. The van der Waals surface area contributed by atoms with Crippen molar-refractivity contribution in [3.05, 3.63) is 9.26 Å². The van der Waals surface area contributed by atoms with Crippen LogP contribution in [0.1, 0.15) is 25.0 Å². The number of halogens is 1. The minimum Gasteiger partial charge on any atom is -0.396 e. The summed E-state index contributed by atoms with van der Waals surface area (Å²) in [4.78, 5) is 8.96. The molecule has 0 bridgehead atoms. The highest BCUT2D eigenvalue weighted by atomic mass is 127. The highest BCUT2D eigenvalue weighted by Crippen LogP contribution is 2.29. The molecule has 0 amide bonds. The van der Waals surface area contributed by atoms with E-state index in [2.05, 4.69) is 37.9 Å². The number of aromatic nitrogens is 2. The Balaban J connectivity index is 2.11. The normalized spacial score (nSPS) is 23.3. The van der Waals surface area contributed by atoms with Crippen molar-refractivity contribution in [3.8, 4) is 0 Å². The number of aliphatic hydroxyl groups is 1. The molecule has 0 aromatic carbocycles. The number of rotatable bonds is 4. The van der Waals surface area contributed by atoms with Crippen molar-refractivity contribution in [2.75, 3.05) is 18.2 Å². The maximum absolute atomic E-state index is 9.17. The van der Waals surface area contributed by atoms with Gasteiger partial charge in [-0.3, -0.25) is 0 Å². The van der Waals surface area contributed by atoms with E-state index in [1.807, 2.05) is 13.2 Å². The largest absolute Gasteiger partial charge is 0.396 e. The number of hydrogen-bond acceptors (Lipinski definition) is 5. The van der Waals surface area contributed by atoms with Crippen molar-refractivity contribution in [1.29, 1.82) is 0 Å². The fourth-order valence-electron chi connectivity index (χ4n) is 2.29. The second-order valence-electron chi connectivity index (χ2n) is 4.66.